The summed E-state index contributed by atoms with van der Waals surface area (Å²) in [7, 11) is 0. The molecule has 0 amide bonds. The van der Waals surface area contributed by atoms with Crippen molar-refractivity contribution in [3.8, 4) is 23.6 Å². The maximum absolute atomic E-state index is 9.92. The molecule has 0 aliphatic heterocycles. The van der Waals surface area contributed by atoms with Gasteiger partial charge >= 0.3 is 0 Å². The summed E-state index contributed by atoms with van der Waals surface area (Å²) in [5, 5.41) is 27.7. The third-order valence-corrected chi connectivity index (χ3v) is 4.41. The fourth-order valence-electron chi connectivity index (χ4n) is 2.78. The average Bonchev–Trinajstić information content (AvgIpc) is 2.77. The van der Waals surface area contributed by atoms with Gasteiger partial charge in [0.05, 0.1) is 35.6 Å². The number of hydrogen-bond acceptors (Lipinski definition) is 6. The van der Waals surface area contributed by atoms with Crippen LogP contribution in [0.3, 0.4) is 0 Å². The van der Waals surface area contributed by atoms with Gasteiger partial charge in [-0.1, -0.05) is 12.1 Å². The number of aromatic nitrogens is 1. The minimum absolute atomic E-state index is 0.210. The lowest BCUT2D eigenvalue weighted by Crippen LogP contribution is -2.08. The Balaban J connectivity index is 1.74. The molecule has 3 rings (SSSR count). The van der Waals surface area contributed by atoms with Gasteiger partial charge in [-0.25, -0.2) is 0 Å². The summed E-state index contributed by atoms with van der Waals surface area (Å²) in [6.45, 7) is 2.11. The van der Waals surface area contributed by atoms with Gasteiger partial charge in [0, 0.05) is 17.3 Å². The summed E-state index contributed by atoms with van der Waals surface area (Å²) in [4.78, 5) is 4.36. The lowest BCUT2D eigenvalue weighted by Gasteiger charge is -2.16. The molecule has 0 fully saturated rings. The summed E-state index contributed by atoms with van der Waals surface area (Å²) in [6, 6.07) is 18.1. The molecular formula is C23H19N3O3. The topological polar surface area (TPSA) is 99.2 Å². The third-order valence-electron chi connectivity index (χ3n) is 4.41. The quantitative estimate of drug-likeness (QED) is 0.664. The van der Waals surface area contributed by atoms with Gasteiger partial charge in [0.15, 0.2) is 0 Å². The summed E-state index contributed by atoms with van der Waals surface area (Å²) >= 11 is 0. The smallest absolute Gasteiger partial charge is 0.146 e. The van der Waals surface area contributed by atoms with Crippen LogP contribution >= 0.6 is 0 Å². The molecule has 0 saturated carbocycles. The number of nitriles is 2. The number of hydrogen-bond donors (Lipinski definition) is 1. The van der Waals surface area contributed by atoms with Crippen molar-refractivity contribution >= 4 is 0 Å². The van der Waals surface area contributed by atoms with Crippen LogP contribution in [-0.4, -0.2) is 10.1 Å². The van der Waals surface area contributed by atoms with E-state index in [1.54, 1.807) is 42.6 Å². The van der Waals surface area contributed by atoms with Gasteiger partial charge in [0.1, 0.15) is 24.7 Å². The Morgan fingerprint density at radius 3 is 2.10 bits per heavy atom. The van der Waals surface area contributed by atoms with Gasteiger partial charge in [-0.2, -0.15) is 10.5 Å². The van der Waals surface area contributed by atoms with Crippen LogP contribution < -0.4 is 9.47 Å². The molecule has 0 atom stereocenters. The van der Waals surface area contributed by atoms with Crippen molar-refractivity contribution in [2.45, 2.75) is 26.7 Å². The molecule has 0 spiro atoms. The van der Waals surface area contributed by atoms with Crippen molar-refractivity contribution in [1.29, 1.82) is 10.5 Å². The van der Waals surface area contributed by atoms with Crippen LogP contribution in [0.15, 0.2) is 54.7 Å². The fourth-order valence-corrected chi connectivity index (χ4v) is 2.78. The second kappa shape index (κ2) is 9.36. The van der Waals surface area contributed by atoms with E-state index in [4.69, 9.17) is 20.0 Å². The van der Waals surface area contributed by atoms with Crippen LogP contribution in [-0.2, 0) is 19.8 Å². The van der Waals surface area contributed by atoms with Crippen LogP contribution in [0.1, 0.15) is 33.5 Å². The molecule has 29 heavy (non-hydrogen) atoms. The van der Waals surface area contributed by atoms with Crippen molar-refractivity contribution in [3.63, 3.8) is 0 Å². The second-order valence-corrected chi connectivity index (χ2v) is 6.36. The number of aliphatic hydroxyl groups is 1. The molecule has 0 aliphatic rings. The first-order valence-electron chi connectivity index (χ1n) is 8.97. The first-order chi connectivity index (χ1) is 14.1. The van der Waals surface area contributed by atoms with Gasteiger partial charge in [-0.3, -0.25) is 4.98 Å². The summed E-state index contributed by atoms with van der Waals surface area (Å²) in [5.41, 5.74) is 4.07. The van der Waals surface area contributed by atoms with Crippen LogP contribution in [0.5, 0.6) is 11.5 Å². The van der Waals surface area contributed by atoms with Crippen molar-refractivity contribution in [1.82, 2.24) is 4.98 Å². The average molecular weight is 385 g/mol. The highest BCUT2D eigenvalue weighted by molar-refractivity contribution is 5.42. The molecule has 144 valence electrons. The van der Waals surface area contributed by atoms with E-state index in [1.807, 2.05) is 19.1 Å². The number of nitrogens with zero attached hydrogens (tertiary/aromatic N) is 3. The van der Waals surface area contributed by atoms with E-state index in [0.29, 0.717) is 40.5 Å². The zero-order chi connectivity index (χ0) is 20.6. The zero-order valence-electron chi connectivity index (χ0n) is 15.9. The van der Waals surface area contributed by atoms with E-state index < -0.39 is 0 Å². The number of aliphatic hydroxyl groups excluding tert-OH is 1. The summed E-state index contributed by atoms with van der Waals surface area (Å²) < 4.78 is 11.7. The number of rotatable bonds is 7. The van der Waals surface area contributed by atoms with E-state index in [2.05, 4.69) is 17.1 Å². The molecule has 1 heterocycles. The Morgan fingerprint density at radius 2 is 1.52 bits per heavy atom. The van der Waals surface area contributed by atoms with Gasteiger partial charge in [-0.15, -0.1) is 0 Å². The van der Waals surface area contributed by atoms with E-state index >= 15 is 0 Å². The fraction of sp³-hybridized carbons (Fsp3) is 0.174. The predicted molar refractivity (Wildman–Crippen MR) is 106 cm³/mol. The number of benzene rings is 2. The first-order valence-corrected chi connectivity index (χ1v) is 8.97. The van der Waals surface area contributed by atoms with Gasteiger partial charge < -0.3 is 14.6 Å². The normalized spacial score (nSPS) is 10.1. The predicted octanol–water partition coefficient (Wildman–Crippen LogP) is 3.78. The van der Waals surface area contributed by atoms with Gasteiger partial charge in [0.2, 0.25) is 0 Å². The minimum Gasteiger partial charge on any atom is -0.489 e. The maximum Gasteiger partial charge on any atom is 0.146 e. The molecule has 0 aliphatic carbocycles. The first kappa shape index (κ1) is 19.9. The largest absolute Gasteiger partial charge is 0.489 e. The van der Waals surface area contributed by atoms with E-state index in [-0.39, 0.29) is 13.2 Å². The number of aryl methyl sites for hydroxylation is 1. The van der Waals surface area contributed by atoms with Crippen LogP contribution in [0.2, 0.25) is 0 Å². The molecule has 0 saturated heterocycles. The Bertz CT molecular complexity index is 1060. The number of ether oxygens (including phenoxy) is 2. The Morgan fingerprint density at radius 1 is 0.897 bits per heavy atom. The lowest BCUT2D eigenvalue weighted by atomic mass is 10.1. The third kappa shape index (κ3) is 4.90. The maximum atomic E-state index is 9.92. The zero-order valence-corrected chi connectivity index (χ0v) is 15.9. The summed E-state index contributed by atoms with van der Waals surface area (Å²) in [6.07, 6.45) is 1.67. The second-order valence-electron chi connectivity index (χ2n) is 6.36. The molecule has 6 nitrogen and oxygen atoms in total. The molecular weight excluding hydrogens is 366 g/mol. The van der Waals surface area contributed by atoms with Crippen molar-refractivity contribution < 1.29 is 14.6 Å². The van der Waals surface area contributed by atoms with E-state index in [0.717, 1.165) is 11.1 Å². The van der Waals surface area contributed by atoms with Crippen LogP contribution in [0.4, 0.5) is 0 Å². The van der Waals surface area contributed by atoms with Gasteiger partial charge in [0.25, 0.3) is 0 Å². The van der Waals surface area contributed by atoms with Crippen LogP contribution in [0, 0.1) is 29.6 Å². The molecule has 1 aromatic heterocycles. The molecule has 0 radical (unpaired) electrons. The van der Waals surface area contributed by atoms with Crippen molar-refractivity contribution in [2.24, 2.45) is 0 Å². The van der Waals surface area contributed by atoms with Crippen LogP contribution in [0.25, 0.3) is 0 Å². The molecule has 6 heteroatoms. The summed E-state index contributed by atoms with van der Waals surface area (Å²) in [5.74, 6) is 1.14. The Hall–Kier alpha value is -3.87. The van der Waals surface area contributed by atoms with E-state index in [1.165, 1.54) is 0 Å². The monoisotopic (exact) mass is 385 g/mol. The molecule has 0 bridgehead atoms. The highest BCUT2D eigenvalue weighted by atomic mass is 16.5. The van der Waals surface area contributed by atoms with Crippen molar-refractivity contribution in [3.05, 3.63) is 88.2 Å². The van der Waals surface area contributed by atoms with E-state index in [9.17, 15) is 5.11 Å². The SMILES string of the molecule is Cc1ncc(COc2ccc(C#N)cc2)c(CO)c1OCc1ccc(C#N)cc1. The molecule has 1 N–H and O–H groups in total. The molecule has 2 aromatic carbocycles. The molecule has 3 aromatic rings. The lowest BCUT2D eigenvalue weighted by molar-refractivity contribution is 0.247. The Labute approximate surface area is 169 Å². The van der Waals surface area contributed by atoms with Gasteiger partial charge in [-0.05, 0) is 48.9 Å². The standard InChI is InChI=1S/C23H19N3O3/c1-16-23(29-14-19-4-2-17(10-24)3-5-19)22(13-27)20(12-26-16)15-28-21-8-6-18(11-25)7-9-21/h2-9,12,27H,13-15H2,1H3. The Kier molecular flexibility index (Phi) is 6.42. The number of pyridine rings is 1. The highest BCUT2D eigenvalue weighted by Gasteiger charge is 2.14. The highest BCUT2D eigenvalue weighted by Crippen LogP contribution is 2.27. The molecule has 0 unspecified atom stereocenters. The van der Waals surface area contributed by atoms with Crippen molar-refractivity contribution in [2.75, 3.05) is 0 Å². The minimum atomic E-state index is -0.210.